The Kier molecular flexibility index (Phi) is 4.85. The van der Waals surface area contributed by atoms with Gasteiger partial charge in [0.2, 0.25) is 0 Å². The van der Waals surface area contributed by atoms with Crippen LogP contribution in [0.4, 0.5) is 0 Å². The molecular formula is C28H30O2. The van der Waals surface area contributed by atoms with Gasteiger partial charge in [0, 0.05) is 11.1 Å². The van der Waals surface area contributed by atoms with E-state index in [0.29, 0.717) is 12.2 Å². The highest BCUT2D eigenvalue weighted by atomic mass is 16.5. The van der Waals surface area contributed by atoms with Crippen molar-refractivity contribution < 1.29 is 9.53 Å². The van der Waals surface area contributed by atoms with Crippen LogP contribution >= 0.6 is 0 Å². The maximum Gasteiger partial charge on any atom is 0.315 e. The molecule has 0 saturated heterocycles. The van der Waals surface area contributed by atoms with Crippen molar-refractivity contribution in [1.29, 1.82) is 0 Å². The lowest BCUT2D eigenvalue weighted by Crippen LogP contribution is -2.13. The minimum Gasteiger partial charge on any atom is -0.425 e. The van der Waals surface area contributed by atoms with Crippen molar-refractivity contribution in [3.63, 3.8) is 0 Å². The molecule has 154 valence electrons. The number of benzene rings is 3. The van der Waals surface area contributed by atoms with Gasteiger partial charge in [-0.05, 0) is 50.8 Å². The predicted octanol–water partition coefficient (Wildman–Crippen LogP) is 7.08. The summed E-state index contributed by atoms with van der Waals surface area (Å²) >= 11 is 0. The van der Waals surface area contributed by atoms with Crippen LogP contribution in [-0.2, 0) is 22.0 Å². The molecular weight excluding hydrogens is 368 g/mol. The highest BCUT2D eigenvalue weighted by Crippen LogP contribution is 2.45. The summed E-state index contributed by atoms with van der Waals surface area (Å²) in [5.74, 6) is 0.537. The van der Waals surface area contributed by atoms with Crippen LogP contribution in [0, 0.1) is 0 Å². The molecule has 0 amide bonds. The summed E-state index contributed by atoms with van der Waals surface area (Å²) in [4.78, 5) is 12.2. The molecule has 1 heterocycles. The van der Waals surface area contributed by atoms with E-state index >= 15 is 0 Å². The number of esters is 1. The van der Waals surface area contributed by atoms with Crippen LogP contribution in [-0.4, -0.2) is 5.97 Å². The van der Waals surface area contributed by atoms with Gasteiger partial charge in [-0.3, -0.25) is 4.79 Å². The van der Waals surface area contributed by atoms with E-state index in [1.807, 2.05) is 0 Å². The van der Waals surface area contributed by atoms with Gasteiger partial charge in [-0.15, -0.1) is 0 Å². The molecule has 0 aliphatic carbocycles. The molecule has 0 aromatic heterocycles. The van der Waals surface area contributed by atoms with Crippen LogP contribution in [0.3, 0.4) is 0 Å². The summed E-state index contributed by atoms with van der Waals surface area (Å²) in [6.45, 7) is 13.4. The van der Waals surface area contributed by atoms with Crippen molar-refractivity contribution in [3.8, 4) is 28.0 Å². The Bertz CT molecular complexity index is 1120. The molecule has 0 unspecified atom stereocenters. The van der Waals surface area contributed by atoms with E-state index in [1.165, 1.54) is 16.7 Å². The van der Waals surface area contributed by atoms with E-state index < -0.39 is 0 Å². The highest BCUT2D eigenvalue weighted by molar-refractivity contribution is 5.91. The normalized spacial score (nSPS) is 13.9. The fourth-order valence-corrected chi connectivity index (χ4v) is 4.36. The minimum atomic E-state index is -0.180. The minimum absolute atomic E-state index is 0.0193. The largest absolute Gasteiger partial charge is 0.425 e. The van der Waals surface area contributed by atoms with Crippen LogP contribution in [0.15, 0.2) is 60.7 Å². The van der Waals surface area contributed by atoms with Crippen molar-refractivity contribution in [2.45, 2.75) is 58.8 Å². The van der Waals surface area contributed by atoms with Crippen LogP contribution < -0.4 is 4.74 Å². The quantitative estimate of drug-likeness (QED) is 0.341. The molecule has 0 spiro atoms. The zero-order valence-electron chi connectivity index (χ0n) is 18.8. The average molecular weight is 399 g/mol. The van der Waals surface area contributed by atoms with Gasteiger partial charge >= 0.3 is 5.97 Å². The molecule has 0 N–H and O–H groups in total. The third-order valence-electron chi connectivity index (χ3n) is 5.79. The first-order chi connectivity index (χ1) is 14.1. The van der Waals surface area contributed by atoms with Crippen LogP contribution in [0.5, 0.6) is 5.75 Å². The second-order valence-corrected chi connectivity index (χ2v) is 10.3. The third kappa shape index (κ3) is 3.67. The molecule has 2 nitrogen and oxygen atoms in total. The summed E-state index contributed by atoms with van der Waals surface area (Å²) in [5, 5.41) is 0. The number of carbonyl (C=O) groups is 1. The molecule has 1 aliphatic heterocycles. The van der Waals surface area contributed by atoms with Crippen molar-refractivity contribution in [2.24, 2.45) is 0 Å². The number of ether oxygens (including phenoxy) is 1. The Morgan fingerprint density at radius 2 is 1.23 bits per heavy atom. The maximum atomic E-state index is 12.2. The van der Waals surface area contributed by atoms with Gasteiger partial charge in [0.05, 0.1) is 6.42 Å². The second-order valence-electron chi connectivity index (χ2n) is 10.3. The van der Waals surface area contributed by atoms with E-state index in [1.54, 1.807) is 0 Å². The number of rotatable bonds is 2. The van der Waals surface area contributed by atoms with Gasteiger partial charge in [0.25, 0.3) is 0 Å². The van der Waals surface area contributed by atoms with Crippen molar-refractivity contribution in [1.82, 2.24) is 0 Å². The number of carbonyl (C=O) groups excluding carboxylic acids is 1. The van der Waals surface area contributed by atoms with Gasteiger partial charge in [-0.1, -0.05) is 90.1 Å². The summed E-state index contributed by atoms with van der Waals surface area (Å²) < 4.78 is 5.71. The Morgan fingerprint density at radius 1 is 0.700 bits per heavy atom. The molecule has 2 heteroatoms. The monoisotopic (exact) mass is 398 g/mol. The molecule has 0 fully saturated rings. The smallest absolute Gasteiger partial charge is 0.315 e. The molecule has 0 atom stereocenters. The van der Waals surface area contributed by atoms with Gasteiger partial charge in [-0.2, -0.15) is 0 Å². The number of fused-ring (bicyclic) bond motifs is 1. The Hall–Kier alpha value is -2.87. The van der Waals surface area contributed by atoms with Crippen LogP contribution in [0.1, 0.15) is 58.2 Å². The topological polar surface area (TPSA) is 26.3 Å². The maximum absolute atomic E-state index is 12.2. The molecule has 3 aromatic rings. The summed E-state index contributed by atoms with van der Waals surface area (Å²) in [6, 6.07) is 21.4. The van der Waals surface area contributed by atoms with Crippen LogP contribution in [0.25, 0.3) is 22.3 Å². The molecule has 30 heavy (non-hydrogen) atoms. The number of hydrogen-bond acceptors (Lipinski definition) is 2. The lowest BCUT2D eigenvalue weighted by Gasteiger charge is -2.25. The van der Waals surface area contributed by atoms with Crippen LogP contribution in [0.2, 0.25) is 0 Å². The molecule has 3 aromatic carbocycles. The lowest BCUT2D eigenvalue weighted by atomic mass is 9.79. The first-order valence-corrected chi connectivity index (χ1v) is 10.6. The van der Waals surface area contributed by atoms with E-state index in [-0.39, 0.29) is 16.8 Å². The molecule has 0 radical (unpaired) electrons. The Morgan fingerprint density at radius 3 is 1.83 bits per heavy atom. The van der Waals surface area contributed by atoms with E-state index in [2.05, 4.69) is 102 Å². The van der Waals surface area contributed by atoms with Gasteiger partial charge in [-0.25, -0.2) is 0 Å². The van der Waals surface area contributed by atoms with E-state index in [9.17, 15) is 4.79 Å². The van der Waals surface area contributed by atoms with Gasteiger partial charge < -0.3 is 4.74 Å². The number of hydrogen-bond donors (Lipinski definition) is 0. The van der Waals surface area contributed by atoms with E-state index in [0.717, 1.165) is 22.3 Å². The summed E-state index contributed by atoms with van der Waals surface area (Å²) in [5.41, 5.74) is 7.99. The first kappa shape index (κ1) is 20.4. The standard InChI is InChI=1S/C28H30O2/c1-27(2,3)23-13-9-7-11-20(23)18-15-19-17-25(29)30-26(19)22(16-18)21-12-8-10-14-24(21)28(4,5)6/h7-16H,17H2,1-6H3. The lowest BCUT2D eigenvalue weighted by molar-refractivity contribution is -0.131. The molecule has 0 bridgehead atoms. The zero-order valence-corrected chi connectivity index (χ0v) is 18.8. The molecule has 1 aliphatic rings. The predicted molar refractivity (Wildman–Crippen MR) is 124 cm³/mol. The fourth-order valence-electron chi connectivity index (χ4n) is 4.36. The highest BCUT2D eigenvalue weighted by Gasteiger charge is 2.29. The summed E-state index contributed by atoms with van der Waals surface area (Å²) in [6.07, 6.45) is 0.325. The summed E-state index contributed by atoms with van der Waals surface area (Å²) in [7, 11) is 0. The van der Waals surface area contributed by atoms with Gasteiger partial charge in [0.15, 0.2) is 0 Å². The fraction of sp³-hybridized carbons (Fsp3) is 0.321. The average Bonchev–Trinajstić information content (AvgIpc) is 3.06. The Labute approximate surface area is 179 Å². The van der Waals surface area contributed by atoms with Crippen molar-refractivity contribution >= 4 is 5.97 Å². The van der Waals surface area contributed by atoms with Crippen molar-refractivity contribution in [2.75, 3.05) is 0 Å². The first-order valence-electron chi connectivity index (χ1n) is 10.6. The van der Waals surface area contributed by atoms with Crippen molar-refractivity contribution in [3.05, 3.63) is 77.4 Å². The Balaban J connectivity index is 2.01. The third-order valence-corrected chi connectivity index (χ3v) is 5.79. The zero-order chi connectivity index (χ0) is 21.7. The molecule has 4 rings (SSSR count). The second kappa shape index (κ2) is 7.12. The van der Waals surface area contributed by atoms with Gasteiger partial charge in [0.1, 0.15) is 5.75 Å². The molecule has 0 saturated carbocycles. The van der Waals surface area contributed by atoms with E-state index in [4.69, 9.17) is 4.74 Å². The SMILES string of the molecule is CC(C)(C)c1ccccc1-c1cc2c(c(-c3ccccc3C(C)(C)C)c1)OC(=O)C2.